The van der Waals surface area contributed by atoms with Crippen LogP contribution in [0.5, 0.6) is 5.88 Å². The van der Waals surface area contributed by atoms with Crippen molar-refractivity contribution in [2.75, 3.05) is 24.8 Å². The zero-order valence-electron chi connectivity index (χ0n) is 14.6. The standard InChI is InChI=1S/C19H20N4O3/c1-12(25-2)11-26-19-15-6-5-14(10-13(15)7-9-22-19)23-18(24)17-16(20)4-3-8-21-17/h3-10,12H,11,20H2,1-2H3,(H,23,24)/t12-/m0/s1. The summed E-state index contributed by atoms with van der Waals surface area (Å²) in [5.74, 6) is 0.167. The van der Waals surface area contributed by atoms with E-state index in [1.54, 1.807) is 31.5 Å². The molecule has 0 bridgehead atoms. The molecule has 0 aliphatic heterocycles. The smallest absolute Gasteiger partial charge is 0.276 e. The molecule has 7 nitrogen and oxygen atoms in total. The molecule has 1 amide bonds. The number of ether oxygens (including phenoxy) is 2. The number of nitrogens with zero attached hydrogens (tertiary/aromatic N) is 2. The van der Waals surface area contributed by atoms with Crippen LogP contribution in [0.1, 0.15) is 17.4 Å². The van der Waals surface area contributed by atoms with Crippen molar-refractivity contribution in [3.05, 3.63) is 54.5 Å². The minimum Gasteiger partial charge on any atom is -0.474 e. The molecule has 0 spiro atoms. The van der Waals surface area contributed by atoms with E-state index in [1.165, 1.54) is 6.20 Å². The number of nitrogens with two attached hydrogens (primary N) is 1. The molecule has 1 aromatic carbocycles. The predicted octanol–water partition coefficient (Wildman–Crippen LogP) is 2.88. The van der Waals surface area contributed by atoms with Crippen LogP contribution in [-0.2, 0) is 4.74 Å². The van der Waals surface area contributed by atoms with Gasteiger partial charge in [-0.15, -0.1) is 0 Å². The summed E-state index contributed by atoms with van der Waals surface area (Å²) in [4.78, 5) is 20.6. The van der Waals surface area contributed by atoms with Gasteiger partial charge >= 0.3 is 0 Å². The summed E-state index contributed by atoms with van der Waals surface area (Å²) in [7, 11) is 1.63. The van der Waals surface area contributed by atoms with Gasteiger partial charge in [0.25, 0.3) is 5.91 Å². The lowest BCUT2D eigenvalue weighted by molar-refractivity contribution is 0.0706. The second-order valence-corrected chi connectivity index (χ2v) is 5.80. The highest BCUT2D eigenvalue weighted by Gasteiger charge is 2.12. The third-order valence-corrected chi connectivity index (χ3v) is 3.90. The van der Waals surface area contributed by atoms with E-state index in [0.717, 1.165) is 10.8 Å². The Balaban J connectivity index is 1.81. The Bertz CT molecular complexity index is 930. The molecule has 0 unspecified atom stereocenters. The molecule has 3 N–H and O–H groups in total. The molecule has 3 aromatic rings. The van der Waals surface area contributed by atoms with Crippen LogP contribution in [0.3, 0.4) is 0 Å². The highest BCUT2D eigenvalue weighted by Crippen LogP contribution is 2.26. The fourth-order valence-corrected chi connectivity index (χ4v) is 2.41. The monoisotopic (exact) mass is 352 g/mol. The van der Waals surface area contributed by atoms with Gasteiger partial charge in [-0.05, 0) is 48.7 Å². The van der Waals surface area contributed by atoms with Crippen LogP contribution in [0, 0.1) is 0 Å². The molecule has 1 atom stereocenters. The number of fused-ring (bicyclic) bond motifs is 1. The molecule has 0 aliphatic carbocycles. The number of nitrogen functional groups attached to an aromatic ring is 1. The van der Waals surface area contributed by atoms with E-state index in [0.29, 0.717) is 23.9 Å². The Labute approximate surface area is 151 Å². The Morgan fingerprint density at radius 2 is 2.08 bits per heavy atom. The number of anilines is 2. The van der Waals surface area contributed by atoms with Gasteiger partial charge in [0.05, 0.1) is 11.8 Å². The van der Waals surface area contributed by atoms with E-state index in [4.69, 9.17) is 15.2 Å². The van der Waals surface area contributed by atoms with Crippen molar-refractivity contribution in [1.82, 2.24) is 9.97 Å². The minimum atomic E-state index is -0.359. The molecule has 134 valence electrons. The number of carbonyl (C=O) groups excluding carboxylic acids is 1. The predicted molar refractivity (Wildman–Crippen MR) is 100 cm³/mol. The molecular formula is C19H20N4O3. The number of hydrogen-bond acceptors (Lipinski definition) is 6. The van der Waals surface area contributed by atoms with Gasteiger partial charge in [0.2, 0.25) is 5.88 Å². The van der Waals surface area contributed by atoms with Crippen molar-refractivity contribution in [1.29, 1.82) is 0 Å². The van der Waals surface area contributed by atoms with Crippen molar-refractivity contribution in [2.24, 2.45) is 0 Å². The van der Waals surface area contributed by atoms with E-state index in [9.17, 15) is 4.79 Å². The van der Waals surface area contributed by atoms with Gasteiger partial charge in [0.15, 0.2) is 5.69 Å². The van der Waals surface area contributed by atoms with Crippen molar-refractivity contribution >= 4 is 28.1 Å². The Hall–Kier alpha value is -3.19. The Morgan fingerprint density at radius 3 is 2.85 bits per heavy atom. The number of hydrogen-bond donors (Lipinski definition) is 2. The number of amides is 1. The van der Waals surface area contributed by atoms with Crippen LogP contribution in [0.2, 0.25) is 0 Å². The zero-order valence-corrected chi connectivity index (χ0v) is 14.6. The summed E-state index contributed by atoms with van der Waals surface area (Å²) in [6.45, 7) is 2.32. The molecule has 0 fully saturated rings. The van der Waals surface area contributed by atoms with Crippen molar-refractivity contribution < 1.29 is 14.3 Å². The van der Waals surface area contributed by atoms with Crippen LogP contribution >= 0.6 is 0 Å². The molecule has 0 saturated heterocycles. The zero-order chi connectivity index (χ0) is 18.5. The van der Waals surface area contributed by atoms with Crippen LogP contribution in [0.15, 0.2) is 48.8 Å². The Morgan fingerprint density at radius 1 is 1.23 bits per heavy atom. The second-order valence-electron chi connectivity index (χ2n) is 5.80. The van der Waals surface area contributed by atoms with Crippen LogP contribution in [0.4, 0.5) is 11.4 Å². The quantitative estimate of drug-likeness (QED) is 0.708. The number of nitrogens with one attached hydrogen (secondary N) is 1. The Kier molecular flexibility index (Phi) is 5.28. The van der Waals surface area contributed by atoms with Crippen molar-refractivity contribution in [2.45, 2.75) is 13.0 Å². The third kappa shape index (κ3) is 3.89. The third-order valence-electron chi connectivity index (χ3n) is 3.90. The first kappa shape index (κ1) is 17.6. The molecule has 26 heavy (non-hydrogen) atoms. The van der Waals surface area contributed by atoms with E-state index >= 15 is 0 Å². The molecule has 0 aliphatic rings. The van der Waals surface area contributed by atoms with E-state index in [-0.39, 0.29) is 17.7 Å². The van der Waals surface area contributed by atoms with E-state index < -0.39 is 0 Å². The summed E-state index contributed by atoms with van der Waals surface area (Å²) < 4.78 is 10.9. The van der Waals surface area contributed by atoms with Gasteiger partial charge < -0.3 is 20.5 Å². The maximum absolute atomic E-state index is 12.3. The first-order valence-electron chi connectivity index (χ1n) is 8.14. The number of methoxy groups -OCH3 is 1. The normalized spacial score (nSPS) is 11.9. The minimum absolute atomic E-state index is 0.0329. The summed E-state index contributed by atoms with van der Waals surface area (Å²) in [5.41, 5.74) is 6.96. The fraction of sp³-hybridized carbons (Fsp3) is 0.211. The van der Waals surface area contributed by atoms with Crippen LogP contribution < -0.4 is 15.8 Å². The number of benzene rings is 1. The van der Waals surface area contributed by atoms with Crippen LogP contribution in [-0.4, -0.2) is 35.7 Å². The highest BCUT2D eigenvalue weighted by atomic mass is 16.5. The average Bonchev–Trinajstić information content (AvgIpc) is 2.66. The van der Waals surface area contributed by atoms with E-state index in [1.807, 2.05) is 25.1 Å². The second kappa shape index (κ2) is 7.79. The van der Waals surface area contributed by atoms with Gasteiger partial charge in [-0.1, -0.05) is 0 Å². The lowest BCUT2D eigenvalue weighted by Gasteiger charge is -2.13. The lowest BCUT2D eigenvalue weighted by atomic mass is 10.1. The molecular weight excluding hydrogens is 332 g/mol. The number of carbonyl (C=O) groups is 1. The highest BCUT2D eigenvalue weighted by molar-refractivity contribution is 6.07. The summed E-state index contributed by atoms with van der Waals surface area (Å²) in [6.07, 6.45) is 3.16. The molecule has 0 saturated carbocycles. The van der Waals surface area contributed by atoms with Gasteiger partial charge in [0, 0.05) is 30.6 Å². The number of rotatable bonds is 6. The van der Waals surface area contributed by atoms with Gasteiger partial charge in [-0.25, -0.2) is 9.97 Å². The number of aromatic nitrogens is 2. The van der Waals surface area contributed by atoms with Crippen molar-refractivity contribution in [3.8, 4) is 5.88 Å². The van der Waals surface area contributed by atoms with Gasteiger partial charge in [-0.3, -0.25) is 4.79 Å². The SMILES string of the molecule is CO[C@@H](C)COc1nccc2cc(NC(=O)c3ncccc3N)ccc12. The lowest BCUT2D eigenvalue weighted by Crippen LogP contribution is -2.16. The van der Waals surface area contributed by atoms with Crippen LogP contribution in [0.25, 0.3) is 10.8 Å². The summed E-state index contributed by atoms with van der Waals surface area (Å²) >= 11 is 0. The molecule has 7 heteroatoms. The topological polar surface area (TPSA) is 99.4 Å². The van der Waals surface area contributed by atoms with Gasteiger partial charge in [0.1, 0.15) is 6.61 Å². The summed E-state index contributed by atoms with van der Waals surface area (Å²) in [6, 6.07) is 10.7. The fourth-order valence-electron chi connectivity index (χ4n) is 2.41. The molecule has 0 radical (unpaired) electrons. The molecule has 3 rings (SSSR count). The number of pyridine rings is 2. The molecule has 2 aromatic heterocycles. The van der Waals surface area contributed by atoms with E-state index in [2.05, 4.69) is 15.3 Å². The summed E-state index contributed by atoms with van der Waals surface area (Å²) in [5, 5.41) is 4.56. The first-order chi connectivity index (χ1) is 12.6. The molecule has 2 heterocycles. The average molecular weight is 352 g/mol. The van der Waals surface area contributed by atoms with Gasteiger partial charge in [-0.2, -0.15) is 0 Å². The first-order valence-corrected chi connectivity index (χ1v) is 8.14. The van der Waals surface area contributed by atoms with Crippen molar-refractivity contribution in [3.63, 3.8) is 0 Å². The largest absolute Gasteiger partial charge is 0.474 e. The maximum Gasteiger partial charge on any atom is 0.276 e. The maximum atomic E-state index is 12.3.